The number of halogens is 1. The van der Waals surface area contributed by atoms with Gasteiger partial charge < -0.3 is 19.5 Å². The maximum absolute atomic E-state index is 13.6. The Morgan fingerprint density at radius 3 is 2.69 bits per heavy atom. The Kier molecular flexibility index (Phi) is 6.33. The van der Waals surface area contributed by atoms with Gasteiger partial charge in [0.25, 0.3) is 5.91 Å². The van der Waals surface area contributed by atoms with Crippen LogP contribution in [-0.2, 0) is 22.3 Å². The molecular formula is C27H24ClN3O4. The van der Waals surface area contributed by atoms with Crippen molar-refractivity contribution in [1.29, 1.82) is 0 Å². The van der Waals surface area contributed by atoms with Crippen LogP contribution in [0.1, 0.15) is 27.2 Å². The first-order valence-corrected chi connectivity index (χ1v) is 11.6. The van der Waals surface area contributed by atoms with Gasteiger partial charge in [-0.2, -0.15) is 5.10 Å². The third-order valence-corrected chi connectivity index (χ3v) is 6.37. The van der Waals surface area contributed by atoms with Crippen molar-refractivity contribution in [2.75, 3.05) is 13.8 Å². The lowest BCUT2D eigenvalue weighted by atomic mass is 10.0. The van der Waals surface area contributed by atoms with E-state index in [0.29, 0.717) is 29.1 Å². The Labute approximate surface area is 207 Å². The molecule has 1 aliphatic rings. The molecule has 35 heavy (non-hydrogen) atoms. The summed E-state index contributed by atoms with van der Waals surface area (Å²) in [4.78, 5) is 15.2. The van der Waals surface area contributed by atoms with E-state index in [2.05, 4.69) is 10.2 Å². The van der Waals surface area contributed by atoms with Gasteiger partial charge in [0, 0.05) is 42.1 Å². The lowest BCUT2D eigenvalue weighted by Gasteiger charge is -2.28. The number of ether oxygens (including phenoxy) is 2. The number of rotatable bonds is 7. The summed E-state index contributed by atoms with van der Waals surface area (Å²) in [6.45, 7) is 0.113. The van der Waals surface area contributed by atoms with Gasteiger partial charge in [-0.05, 0) is 29.3 Å². The highest BCUT2D eigenvalue weighted by atomic mass is 35.5. The number of benzene rings is 3. The molecule has 0 radical (unpaired) electrons. The predicted octanol–water partition coefficient (Wildman–Crippen LogP) is 5.04. The van der Waals surface area contributed by atoms with Gasteiger partial charge in [0.1, 0.15) is 12.0 Å². The van der Waals surface area contributed by atoms with Crippen molar-refractivity contribution < 1.29 is 19.4 Å². The summed E-state index contributed by atoms with van der Waals surface area (Å²) in [6, 6.07) is 20.2. The minimum Gasteiger partial charge on any atom is -0.507 e. The van der Waals surface area contributed by atoms with Crippen LogP contribution in [0.15, 0.2) is 78.8 Å². The summed E-state index contributed by atoms with van der Waals surface area (Å²) < 4.78 is 10.9. The average Bonchev–Trinajstić information content (AvgIpc) is 3.52. The second-order valence-electron chi connectivity index (χ2n) is 8.47. The number of aromatic amines is 1. The molecule has 1 aromatic heterocycles. The van der Waals surface area contributed by atoms with E-state index in [0.717, 1.165) is 22.2 Å². The fourth-order valence-electron chi connectivity index (χ4n) is 4.28. The molecule has 5 rings (SSSR count). The number of phenols is 1. The number of carbonyl (C=O) groups excluding carboxylic acids is 1. The zero-order chi connectivity index (χ0) is 24.4. The van der Waals surface area contributed by atoms with Crippen LogP contribution in [0.2, 0.25) is 5.02 Å². The number of carbonyl (C=O) groups is 1. The highest BCUT2D eigenvalue weighted by Gasteiger charge is 2.30. The van der Waals surface area contributed by atoms with Gasteiger partial charge in [0.2, 0.25) is 6.79 Å². The van der Waals surface area contributed by atoms with Gasteiger partial charge in [0.15, 0.2) is 5.76 Å². The number of aromatic hydroxyl groups is 1. The van der Waals surface area contributed by atoms with E-state index in [1.165, 1.54) is 6.07 Å². The fourth-order valence-corrected chi connectivity index (χ4v) is 4.49. The monoisotopic (exact) mass is 489 g/mol. The first-order chi connectivity index (χ1) is 17.0. The third kappa shape index (κ3) is 4.81. The molecule has 8 heteroatoms. The van der Waals surface area contributed by atoms with E-state index >= 15 is 0 Å². The zero-order valence-corrected chi connectivity index (χ0v) is 19.8. The quantitative estimate of drug-likeness (QED) is 0.379. The summed E-state index contributed by atoms with van der Waals surface area (Å²) in [5, 5.41) is 19.5. The van der Waals surface area contributed by atoms with Crippen molar-refractivity contribution in [3.05, 3.63) is 106 Å². The van der Waals surface area contributed by atoms with Crippen LogP contribution in [0.4, 0.5) is 0 Å². The number of hydrogen-bond acceptors (Lipinski definition) is 5. The van der Waals surface area contributed by atoms with Crippen LogP contribution in [0, 0.1) is 0 Å². The molecule has 1 unspecified atom stereocenters. The molecule has 0 spiro atoms. The molecule has 1 amide bonds. The number of H-pyrrole nitrogens is 1. The third-order valence-electron chi connectivity index (χ3n) is 6.13. The van der Waals surface area contributed by atoms with Crippen molar-refractivity contribution in [3.8, 4) is 5.75 Å². The Morgan fingerprint density at radius 2 is 1.94 bits per heavy atom. The lowest BCUT2D eigenvalue weighted by molar-refractivity contribution is 0.0534. The highest BCUT2D eigenvalue weighted by Crippen LogP contribution is 2.30. The summed E-state index contributed by atoms with van der Waals surface area (Å²) in [7, 11) is 1.70. The predicted molar refractivity (Wildman–Crippen MR) is 133 cm³/mol. The number of phenolic OH excluding ortho intramolecular Hbond substituents is 1. The number of amides is 1. The van der Waals surface area contributed by atoms with Gasteiger partial charge in [-0.15, -0.1) is 0 Å². The normalized spacial score (nSPS) is 13.7. The Bertz CT molecular complexity index is 1400. The second kappa shape index (κ2) is 9.72. The van der Waals surface area contributed by atoms with Gasteiger partial charge in [0.05, 0.1) is 17.1 Å². The molecule has 3 aromatic carbocycles. The number of nitrogens with one attached hydrogen (secondary N) is 1. The van der Waals surface area contributed by atoms with E-state index < -0.39 is 6.04 Å². The zero-order valence-electron chi connectivity index (χ0n) is 19.1. The number of aromatic nitrogens is 2. The Balaban J connectivity index is 1.47. The van der Waals surface area contributed by atoms with Crippen molar-refractivity contribution >= 4 is 28.4 Å². The van der Waals surface area contributed by atoms with Crippen LogP contribution in [0.3, 0.4) is 0 Å². The number of hydrogen-bond donors (Lipinski definition) is 2. The smallest absolute Gasteiger partial charge is 0.258 e. The number of fused-ring (bicyclic) bond motifs is 1. The van der Waals surface area contributed by atoms with E-state index in [1.807, 2.05) is 54.6 Å². The largest absolute Gasteiger partial charge is 0.507 e. The Morgan fingerprint density at radius 1 is 1.14 bits per heavy atom. The molecule has 0 aliphatic carbocycles. The first kappa shape index (κ1) is 22.8. The summed E-state index contributed by atoms with van der Waals surface area (Å²) in [5.41, 5.74) is 3.65. The second-order valence-corrected chi connectivity index (χ2v) is 8.90. The van der Waals surface area contributed by atoms with E-state index in [4.69, 9.17) is 21.1 Å². The van der Waals surface area contributed by atoms with Crippen molar-refractivity contribution in [1.82, 2.24) is 15.1 Å². The molecule has 2 N–H and O–H groups in total. The molecular weight excluding hydrogens is 466 g/mol. The lowest BCUT2D eigenvalue weighted by Crippen LogP contribution is -2.40. The minimum atomic E-state index is -0.405. The van der Waals surface area contributed by atoms with Gasteiger partial charge in [-0.3, -0.25) is 9.89 Å². The molecule has 2 heterocycles. The van der Waals surface area contributed by atoms with Crippen molar-refractivity contribution in [2.24, 2.45) is 0 Å². The van der Waals surface area contributed by atoms with Crippen LogP contribution >= 0.6 is 11.6 Å². The standard InChI is InChI=1S/C27H24ClN3O4/c1-31(24(26-15-34-16-35-26)12-17-6-3-2-4-7-17)27(33)21-13-20-22(29-30-23(20)14-25(21)32)11-18-8-5-9-19(28)10-18/h2-10,13-15,24,32H,11-12,16H2,1H3,(H,29,30). The average molecular weight is 490 g/mol. The highest BCUT2D eigenvalue weighted by molar-refractivity contribution is 6.30. The molecule has 4 aromatic rings. The molecule has 7 nitrogen and oxygen atoms in total. The molecule has 0 bridgehead atoms. The van der Waals surface area contributed by atoms with Crippen LogP contribution in [0.5, 0.6) is 5.75 Å². The minimum absolute atomic E-state index is 0.113. The molecule has 0 saturated heterocycles. The van der Waals surface area contributed by atoms with Gasteiger partial charge in [-0.25, -0.2) is 0 Å². The van der Waals surface area contributed by atoms with Crippen molar-refractivity contribution in [2.45, 2.75) is 18.9 Å². The first-order valence-electron chi connectivity index (χ1n) is 11.2. The van der Waals surface area contributed by atoms with E-state index in [9.17, 15) is 9.90 Å². The Hall–Kier alpha value is -3.97. The van der Waals surface area contributed by atoms with Crippen LogP contribution < -0.4 is 0 Å². The maximum Gasteiger partial charge on any atom is 0.258 e. The molecule has 1 atom stereocenters. The summed E-state index contributed by atoms with van der Waals surface area (Å²) in [6.07, 6.45) is 2.63. The maximum atomic E-state index is 13.6. The van der Waals surface area contributed by atoms with Crippen LogP contribution in [0.25, 0.3) is 10.9 Å². The molecule has 0 saturated carbocycles. The molecule has 1 aliphatic heterocycles. The molecule has 0 fully saturated rings. The summed E-state index contributed by atoms with van der Waals surface area (Å²) >= 11 is 6.13. The van der Waals surface area contributed by atoms with E-state index in [1.54, 1.807) is 24.3 Å². The molecule has 178 valence electrons. The SMILES string of the molecule is CN(C(=O)c1cc2c(Cc3cccc(Cl)c3)[nH]nc2cc1O)C(Cc1ccccc1)C1=COCO1. The van der Waals surface area contributed by atoms with E-state index in [-0.39, 0.29) is 24.0 Å². The van der Waals surface area contributed by atoms with Crippen molar-refractivity contribution in [3.63, 3.8) is 0 Å². The summed E-state index contributed by atoms with van der Waals surface area (Å²) in [5.74, 6) is 0.0954. The number of likely N-dealkylation sites (N-methyl/N-ethyl adjacent to an activating group) is 1. The topological polar surface area (TPSA) is 87.7 Å². The fraction of sp³-hybridized carbons (Fsp3) is 0.185. The van der Waals surface area contributed by atoms with Gasteiger partial charge >= 0.3 is 0 Å². The van der Waals surface area contributed by atoms with Gasteiger partial charge in [-0.1, -0.05) is 54.1 Å². The number of nitrogens with zero attached hydrogens (tertiary/aromatic N) is 2. The van der Waals surface area contributed by atoms with Crippen LogP contribution in [-0.4, -0.2) is 46.0 Å².